The first kappa shape index (κ1) is 16.1. The van der Waals surface area contributed by atoms with Crippen LogP contribution in [-0.4, -0.2) is 20.9 Å². The summed E-state index contributed by atoms with van der Waals surface area (Å²) in [5, 5.41) is 8.76. The summed E-state index contributed by atoms with van der Waals surface area (Å²) < 4.78 is 4.17. The molecule has 0 aromatic carbocycles. The molecule has 1 unspecified atom stereocenters. The van der Waals surface area contributed by atoms with Gasteiger partial charge in [-0.25, -0.2) is 0 Å². The molecular formula is C16H25ClN4. The second-order valence-corrected chi connectivity index (χ2v) is 5.68. The lowest BCUT2D eigenvalue weighted by atomic mass is 10.1. The average molecular weight is 309 g/mol. The summed E-state index contributed by atoms with van der Waals surface area (Å²) in [6.07, 6.45) is 5.41. The van der Waals surface area contributed by atoms with Gasteiger partial charge in [-0.3, -0.25) is 4.68 Å². The van der Waals surface area contributed by atoms with Crippen molar-refractivity contribution < 1.29 is 0 Å². The van der Waals surface area contributed by atoms with Crippen LogP contribution in [0.3, 0.4) is 0 Å². The Hall–Kier alpha value is -1.26. The van der Waals surface area contributed by atoms with Gasteiger partial charge in [0, 0.05) is 25.0 Å². The van der Waals surface area contributed by atoms with Crippen LogP contribution in [0.15, 0.2) is 18.5 Å². The minimum absolute atomic E-state index is 0.421. The fourth-order valence-electron chi connectivity index (χ4n) is 2.70. The van der Waals surface area contributed by atoms with E-state index in [1.807, 2.05) is 11.6 Å². The highest BCUT2D eigenvalue weighted by atomic mass is 35.5. The zero-order valence-electron chi connectivity index (χ0n) is 13.4. The molecule has 5 heteroatoms. The normalized spacial score (nSPS) is 12.8. The molecule has 2 aromatic rings. The maximum atomic E-state index is 6.38. The maximum absolute atomic E-state index is 6.38. The van der Waals surface area contributed by atoms with Gasteiger partial charge in [-0.2, -0.15) is 5.10 Å². The van der Waals surface area contributed by atoms with Crippen LogP contribution in [0.1, 0.15) is 50.2 Å². The number of aryl methyl sites for hydroxylation is 2. The van der Waals surface area contributed by atoms with Crippen LogP contribution < -0.4 is 5.32 Å². The minimum atomic E-state index is 0.421. The van der Waals surface area contributed by atoms with Crippen molar-refractivity contribution in [3.8, 4) is 0 Å². The van der Waals surface area contributed by atoms with E-state index in [1.165, 1.54) is 5.56 Å². The largest absolute Gasteiger partial charge is 0.348 e. The summed E-state index contributed by atoms with van der Waals surface area (Å²) in [5.41, 5.74) is 3.31. The Morgan fingerprint density at radius 3 is 2.71 bits per heavy atom. The lowest BCUT2D eigenvalue weighted by Gasteiger charge is -2.14. The Kier molecular flexibility index (Phi) is 5.48. The van der Waals surface area contributed by atoms with Gasteiger partial charge < -0.3 is 9.88 Å². The third-order valence-corrected chi connectivity index (χ3v) is 4.31. The fraction of sp³-hybridized carbons (Fsp3) is 0.562. The van der Waals surface area contributed by atoms with Crippen LogP contribution in [0.25, 0.3) is 0 Å². The molecule has 0 radical (unpaired) electrons. The van der Waals surface area contributed by atoms with Gasteiger partial charge in [-0.15, -0.1) is 0 Å². The first-order chi connectivity index (χ1) is 10.1. The standard InChI is InChI=1S/C16H25ClN4/c1-5-14(18-6-2)13-8-9-20(10-13)11-15-16(17)12(4)19-21(15)7-3/h8-10,14,18H,5-7,11H2,1-4H3. The van der Waals surface area contributed by atoms with Crippen LogP contribution in [0.5, 0.6) is 0 Å². The molecule has 0 saturated carbocycles. The van der Waals surface area contributed by atoms with Crippen molar-refractivity contribution in [3.63, 3.8) is 0 Å². The van der Waals surface area contributed by atoms with Gasteiger partial charge in [0.25, 0.3) is 0 Å². The van der Waals surface area contributed by atoms with E-state index >= 15 is 0 Å². The topological polar surface area (TPSA) is 34.8 Å². The predicted octanol–water partition coefficient (Wildman–Crippen LogP) is 3.78. The van der Waals surface area contributed by atoms with Crippen LogP contribution in [0.2, 0.25) is 5.02 Å². The Bertz CT molecular complexity index is 585. The minimum Gasteiger partial charge on any atom is -0.348 e. The molecule has 116 valence electrons. The molecule has 0 aliphatic carbocycles. The average Bonchev–Trinajstić information content (AvgIpc) is 3.05. The fourth-order valence-corrected chi connectivity index (χ4v) is 2.90. The summed E-state index contributed by atoms with van der Waals surface area (Å²) in [7, 11) is 0. The number of hydrogen-bond donors (Lipinski definition) is 1. The van der Waals surface area contributed by atoms with Crippen molar-refractivity contribution in [2.45, 2.75) is 53.2 Å². The smallest absolute Gasteiger partial charge is 0.0865 e. The molecule has 0 fully saturated rings. The molecular weight excluding hydrogens is 284 g/mol. The number of aromatic nitrogens is 3. The van der Waals surface area contributed by atoms with Crippen molar-refractivity contribution in [1.82, 2.24) is 19.7 Å². The number of nitrogens with zero attached hydrogens (tertiary/aromatic N) is 3. The molecule has 0 aliphatic heterocycles. The summed E-state index contributed by atoms with van der Waals surface area (Å²) in [6.45, 7) is 11.0. The molecule has 2 aromatic heterocycles. The maximum Gasteiger partial charge on any atom is 0.0865 e. The van der Waals surface area contributed by atoms with Crippen LogP contribution in [0.4, 0.5) is 0 Å². The van der Waals surface area contributed by atoms with Crippen LogP contribution in [-0.2, 0) is 13.1 Å². The Labute approximate surface area is 132 Å². The van der Waals surface area contributed by atoms with E-state index in [0.717, 1.165) is 42.5 Å². The van der Waals surface area contributed by atoms with Crippen molar-refractivity contribution >= 4 is 11.6 Å². The Morgan fingerprint density at radius 2 is 2.10 bits per heavy atom. The first-order valence-electron chi connectivity index (χ1n) is 7.71. The number of nitrogens with one attached hydrogen (secondary N) is 1. The van der Waals surface area contributed by atoms with Crippen molar-refractivity contribution in [2.75, 3.05) is 6.54 Å². The molecule has 2 rings (SSSR count). The van der Waals surface area contributed by atoms with Gasteiger partial charge in [0.05, 0.1) is 23.0 Å². The van der Waals surface area contributed by atoms with E-state index in [1.54, 1.807) is 0 Å². The molecule has 0 aliphatic rings. The molecule has 0 amide bonds. The van der Waals surface area contributed by atoms with Gasteiger partial charge in [0.15, 0.2) is 0 Å². The monoisotopic (exact) mass is 308 g/mol. The summed E-state index contributed by atoms with van der Waals surface area (Å²) >= 11 is 6.38. The highest BCUT2D eigenvalue weighted by Gasteiger charge is 2.14. The first-order valence-corrected chi connectivity index (χ1v) is 8.09. The third kappa shape index (κ3) is 3.50. The molecule has 4 nitrogen and oxygen atoms in total. The van der Waals surface area contributed by atoms with Gasteiger partial charge in [-0.1, -0.05) is 25.4 Å². The third-order valence-electron chi connectivity index (χ3n) is 3.82. The summed E-state index contributed by atoms with van der Waals surface area (Å²) in [6, 6.07) is 2.61. The van der Waals surface area contributed by atoms with E-state index in [4.69, 9.17) is 11.6 Å². The van der Waals surface area contributed by atoms with Crippen molar-refractivity contribution in [3.05, 3.63) is 40.4 Å². The Balaban J connectivity index is 2.19. The number of halogens is 1. The SMILES string of the molecule is CCNC(CC)c1ccn(Cc2c(Cl)c(C)nn2CC)c1. The summed E-state index contributed by atoms with van der Waals surface area (Å²) in [4.78, 5) is 0. The van der Waals surface area contributed by atoms with Gasteiger partial charge >= 0.3 is 0 Å². The van der Waals surface area contributed by atoms with Gasteiger partial charge in [0.2, 0.25) is 0 Å². The molecule has 21 heavy (non-hydrogen) atoms. The quantitative estimate of drug-likeness (QED) is 0.845. The van der Waals surface area contributed by atoms with E-state index in [2.05, 4.69) is 54.2 Å². The molecule has 1 N–H and O–H groups in total. The molecule has 0 bridgehead atoms. The number of rotatable bonds is 7. The molecule has 2 heterocycles. The zero-order chi connectivity index (χ0) is 15.4. The van der Waals surface area contributed by atoms with E-state index in [9.17, 15) is 0 Å². The van der Waals surface area contributed by atoms with Crippen molar-refractivity contribution in [2.24, 2.45) is 0 Å². The second-order valence-electron chi connectivity index (χ2n) is 5.30. The predicted molar refractivity (Wildman–Crippen MR) is 87.9 cm³/mol. The molecule has 0 saturated heterocycles. The van der Waals surface area contributed by atoms with Crippen LogP contribution >= 0.6 is 11.6 Å². The molecule has 1 atom stereocenters. The zero-order valence-corrected chi connectivity index (χ0v) is 14.1. The van der Waals surface area contributed by atoms with Crippen LogP contribution in [0, 0.1) is 6.92 Å². The lowest BCUT2D eigenvalue weighted by Crippen LogP contribution is -2.19. The van der Waals surface area contributed by atoms with E-state index < -0.39 is 0 Å². The summed E-state index contributed by atoms with van der Waals surface area (Å²) in [5.74, 6) is 0. The van der Waals surface area contributed by atoms with Gasteiger partial charge in [0.1, 0.15) is 0 Å². The van der Waals surface area contributed by atoms with Crippen molar-refractivity contribution in [1.29, 1.82) is 0 Å². The Morgan fingerprint density at radius 1 is 1.33 bits per heavy atom. The highest BCUT2D eigenvalue weighted by Crippen LogP contribution is 2.23. The highest BCUT2D eigenvalue weighted by molar-refractivity contribution is 6.31. The lowest BCUT2D eigenvalue weighted by molar-refractivity contribution is 0.535. The van der Waals surface area contributed by atoms with E-state index in [0.29, 0.717) is 6.04 Å². The van der Waals surface area contributed by atoms with E-state index in [-0.39, 0.29) is 0 Å². The van der Waals surface area contributed by atoms with Gasteiger partial charge in [-0.05, 0) is 38.4 Å². The molecule has 0 spiro atoms. The number of hydrogen-bond acceptors (Lipinski definition) is 2. The second kappa shape index (κ2) is 7.14.